The van der Waals surface area contributed by atoms with Crippen molar-refractivity contribution < 1.29 is 13.9 Å². The van der Waals surface area contributed by atoms with Crippen LogP contribution >= 0.6 is 27.5 Å². The average Bonchev–Trinajstić information content (AvgIpc) is 2.36. The first-order valence-electron chi connectivity index (χ1n) is 5.40. The zero-order valence-corrected chi connectivity index (χ0v) is 11.4. The van der Waals surface area contributed by atoms with E-state index in [1.807, 2.05) is 0 Å². The number of Topliss-reactive ketones (excluding diaryl/α,β-unsaturated/α-hetero) is 1. The Morgan fingerprint density at radius 1 is 1.47 bits per heavy atom. The molecule has 0 amide bonds. The van der Waals surface area contributed by atoms with Gasteiger partial charge in [-0.05, 0) is 47.3 Å². The number of carbonyl (C=O) groups excluding carboxylic acids is 1. The van der Waals surface area contributed by atoms with E-state index in [1.165, 1.54) is 6.07 Å². The van der Waals surface area contributed by atoms with E-state index in [-0.39, 0.29) is 16.4 Å². The largest absolute Gasteiger partial charge is 0.370 e. The molecule has 1 aliphatic rings. The van der Waals surface area contributed by atoms with E-state index in [2.05, 4.69) is 15.9 Å². The van der Waals surface area contributed by atoms with Crippen LogP contribution in [0.2, 0.25) is 5.02 Å². The van der Waals surface area contributed by atoms with Crippen molar-refractivity contribution in [2.24, 2.45) is 0 Å². The summed E-state index contributed by atoms with van der Waals surface area (Å²) in [6.07, 6.45) is 2.00. The molecule has 5 heteroatoms. The van der Waals surface area contributed by atoms with Crippen LogP contribution in [-0.4, -0.2) is 18.5 Å². The van der Waals surface area contributed by atoms with Gasteiger partial charge in [0.15, 0.2) is 11.6 Å². The Bertz CT molecular complexity index is 444. The van der Waals surface area contributed by atoms with E-state index in [0.717, 1.165) is 12.8 Å². The zero-order chi connectivity index (χ0) is 12.4. The summed E-state index contributed by atoms with van der Waals surface area (Å²) in [5.41, 5.74) is 0.00472. The van der Waals surface area contributed by atoms with Gasteiger partial charge < -0.3 is 4.74 Å². The van der Waals surface area contributed by atoms with Gasteiger partial charge in [0.25, 0.3) is 0 Å². The number of halogens is 3. The molecule has 1 unspecified atom stereocenters. The molecule has 0 bridgehead atoms. The zero-order valence-electron chi connectivity index (χ0n) is 9.01. The fourth-order valence-corrected chi connectivity index (χ4v) is 2.31. The minimum absolute atomic E-state index is 0.00472. The highest BCUT2D eigenvalue weighted by Crippen LogP contribution is 2.29. The summed E-state index contributed by atoms with van der Waals surface area (Å²) in [6, 6.07) is 3.01. The predicted molar refractivity (Wildman–Crippen MR) is 67.0 cm³/mol. The predicted octanol–water partition coefficient (Wildman–Crippen LogP) is 3.99. The van der Waals surface area contributed by atoms with Crippen molar-refractivity contribution in [3.8, 4) is 0 Å². The summed E-state index contributed by atoms with van der Waals surface area (Å²) in [6.45, 7) is 0.558. The lowest BCUT2D eigenvalue weighted by Crippen LogP contribution is -2.28. The van der Waals surface area contributed by atoms with Crippen LogP contribution in [0.15, 0.2) is 16.6 Å². The fourth-order valence-electron chi connectivity index (χ4n) is 1.84. The molecular weight excluding hydrogens is 310 g/mol. The maximum absolute atomic E-state index is 13.8. The molecule has 92 valence electrons. The molecule has 1 aromatic carbocycles. The molecule has 0 N–H and O–H groups in total. The van der Waals surface area contributed by atoms with Crippen molar-refractivity contribution in [3.05, 3.63) is 33.0 Å². The van der Waals surface area contributed by atoms with E-state index in [9.17, 15) is 9.18 Å². The van der Waals surface area contributed by atoms with E-state index in [1.54, 1.807) is 6.07 Å². The molecule has 1 saturated heterocycles. The van der Waals surface area contributed by atoms with Gasteiger partial charge in [-0.2, -0.15) is 0 Å². The molecule has 1 fully saturated rings. The van der Waals surface area contributed by atoms with E-state index in [0.29, 0.717) is 17.5 Å². The van der Waals surface area contributed by atoms with Crippen molar-refractivity contribution >= 4 is 33.3 Å². The summed E-state index contributed by atoms with van der Waals surface area (Å²) < 4.78 is 19.6. The molecule has 0 aromatic heterocycles. The standard InChI is InChI=1S/C12H11BrClFO2/c13-8-5-4-7(11(15)10(8)14)12(16)9-3-1-2-6-17-9/h4-5,9H,1-3,6H2. The Balaban J connectivity index is 2.27. The molecule has 0 saturated carbocycles. The second kappa shape index (κ2) is 5.46. The van der Waals surface area contributed by atoms with E-state index >= 15 is 0 Å². The van der Waals surface area contributed by atoms with Gasteiger partial charge in [-0.25, -0.2) is 4.39 Å². The normalized spacial score (nSPS) is 20.3. The number of benzene rings is 1. The number of rotatable bonds is 2. The molecule has 1 aromatic rings. The maximum atomic E-state index is 13.8. The van der Waals surface area contributed by atoms with Crippen molar-refractivity contribution in [1.82, 2.24) is 0 Å². The Morgan fingerprint density at radius 2 is 2.24 bits per heavy atom. The van der Waals surface area contributed by atoms with Gasteiger partial charge in [0.1, 0.15) is 6.10 Å². The molecule has 0 aliphatic carbocycles. The molecule has 17 heavy (non-hydrogen) atoms. The number of ether oxygens (including phenoxy) is 1. The maximum Gasteiger partial charge on any atom is 0.194 e. The third kappa shape index (κ3) is 2.69. The highest BCUT2D eigenvalue weighted by molar-refractivity contribution is 9.10. The number of hydrogen-bond donors (Lipinski definition) is 0. The van der Waals surface area contributed by atoms with Crippen LogP contribution in [0.25, 0.3) is 0 Å². The highest BCUT2D eigenvalue weighted by atomic mass is 79.9. The summed E-state index contributed by atoms with van der Waals surface area (Å²) in [4.78, 5) is 12.0. The van der Waals surface area contributed by atoms with Gasteiger partial charge in [-0.15, -0.1) is 0 Å². The fraction of sp³-hybridized carbons (Fsp3) is 0.417. The highest BCUT2D eigenvalue weighted by Gasteiger charge is 2.26. The summed E-state index contributed by atoms with van der Waals surface area (Å²) >= 11 is 8.86. The number of ketones is 1. The monoisotopic (exact) mass is 320 g/mol. The first-order valence-corrected chi connectivity index (χ1v) is 6.57. The Hall–Kier alpha value is -0.450. The van der Waals surface area contributed by atoms with Crippen LogP contribution in [0.5, 0.6) is 0 Å². The lowest BCUT2D eigenvalue weighted by atomic mass is 9.99. The van der Waals surface area contributed by atoms with Crippen molar-refractivity contribution in [1.29, 1.82) is 0 Å². The average molecular weight is 322 g/mol. The SMILES string of the molecule is O=C(c1ccc(Br)c(Cl)c1F)C1CCCCO1. The van der Waals surface area contributed by atoms with Crippen LogP contribution in [0.1, 0.15) is 29.6 Å². The van der Waals surface area contributed by atoms with E-state index < -0.39 is 11.9 Å². The van der Waals surface area contributed by atoms with Gasteiger partial charge in [-0.3, -0.25) is 4.79 Å². The Labute approximate surface area is 112 Å². The van der Waals surface area contributed by atoms with Crippen molar-refractivity contribution in [2.75, 3.05) is 6.61 Å². The van der Waals surface area contributed by atoms with Crippen LogP contribution in [0.4, 0.5) is 4.39 Å². The minimum Gasteiger partial charge on any atom is -0.370 e. The second-order valence-corrected chi connectivity index (χ2v) is 5.17. The lowest BCUT2D eigenvalue weighted by Gasteiger charge is -2.21. The Morgan fingerprint density at radius 3 is 2.88 bits per heavy atom. The van der Waals surface area contributed by atoms with Crippen LogP contribution in [-0.2, 0) is 4.74 Å². The van der Waals surface area contributed by atoms with Gasteiger partial charge in [0, 0.05) is 11.1 Å². The molecule has 0 spiro atoms. The molecule has 0 radical (unpaired) electrons. The molecule has 2 rings (SSSR count). The summed E-state index contributed by atoms with van der Waals surface area (Å²) in [7, 11) is 0. The molecule has 2 nitrogen and oxygen atoms in total. The first-order chi connectivity index (χ1) is 8.11. The molecular formula is C12H11BrClFO2. The van der Waals surface area contributed by atoms with Crippen LogP contribution in [0, 0.1) is 5.82 Å². The lowest BCUT2D eigenvalue weighted by molar-refractivity contribution is 0.0183. The molecule has 1 atom stereocenters. The van der Waals surface area contributed by atoms with E-state index in [4.69, 9.17) is 16.3 Å². The third-order valence-electron chi connectivity index (χ3n) is 2.77. The number of carbonyl (C=O) groups is 1. The summed E-state index contributed by atoms with van der Waals surface area (Å²) in [5, 5.41) is -0.0633. The summed E-state index contributed by atoms with van der Waals surface area (Å²) in [5.74, 6) is -1.00. The minimum atomic E-state index is -0.680. The van der Waals surface area contributed by atoms with Crippen molar-refractivity contribution in [2.45, 2.75) is 25.4 Å². The topological polar surface area (TPSA) is 26.3 Å². The molecule has 1 aliphatic heterocycles. The van der Waals surface area contributed by atoms with Gasteiger partial charge >= 0.3 is 0 Å². The number of hydrogen-bond acceptors (Lipinski definition) is 2. The molecule has 1 heterocycles. The first kappa shape index (κ1) is 13.0. The third-order valence-corrected chi connectivity index (χ3v) is 4.03. The Kier molecular flexibility index (Phi) is 4.17. The van der Waals surface area contributed by atoms with Gasteiger partial charge in [-0.1, -0.05) is 11.6 Å². The van der Waals surface area contributed by atoms with Gasteiger partial charge in [0.2, 0.25) is 0 Å². The second-order valence-electron chi connectivity index (χ2n) is 3.94. The smallest absolute Gasteiger partial charge is 0.194 e. The van der Waals surface area contributed by atoms with Crippen LogP contribution in [0.3, 0.4) is 0 Å². The van der Waals surface area contributed by atoms with Gasteiger partial charge in [0.05, 0.1) is 10.6 Å². The van der Waals surface area contributed by atoms with Crippen molar-refractivity contribution in [3.63, 3.8) is 0 Å². The quantitative estimate of drug-likeness (QED) is 0.608. The van der Waals surface area contributed by atoms with Crippen LogP contribution < -0.4 is 0 Å².